The predicted molar refractivity (Wildman–Crippen MR) is 85.6 cm³/mol. The molecule has 0 aromatic heterocycles. The first kappa shape index (κ1) is 16.3. The Bertz CT molecular complexity index is 695. The Morgan fingerprint density at radius 3 is 2.50 bits per heavy atom. The van der Waals surface area contributed by atoms with Crippen molar-refractivity contribution < 1.29 is 19.1 Å². The number of amides is 3. The van der Waals surface area contributed by atoms with Gasteiger partial charge in [0.25, 0.3) is 5.91 Å². The summed E-state index contributed by atoms with van der Waals surface area (Å²) in [5, 5.41) is 1.06. The van der Waals surface area contributed by atoms with Crippen molar-refractivity contribution in [3.8, 4) is 0 Å². The normalized spacial score (nSPS) is 20.4. The van der Waals surface area contributed by atoms with Gasteiger partial charge in [0.05, 0.1) is 0 Å². The molecule has 7 nitrogen and oxygen atoms in total. The zero-order valence-electron chi connectivity index (χ0n) is 14.0. The molecule has 128 valence electrons. The number of hydrogen-bond donors (Lipinski definition) is 1. The molecule has 3 amide bonds. The molecule has 0 bridgehead atoms. The second-order valence-electron chi connectivity index (χ2n) is 7.05. The predicted octanol–water partition coefficient (Wildman–Crippen LogP) is 1.22. The van der Waals surface area contributed by atoms with E-state index in [0.717, 1.165) is 16.1 Å². The van der Waals surface area contributed by atoms with Gasteiger partial charge in [-0.15, -0.1) is 0 Å². The maximum Gasteiger partial charge on any atom is 0.426 e. The third kappa shape index (κ3) is 3.20. The van der Waals surface area contributed by atoms with E-state index in [2.05, 4.69) is 5.43 Å². The summed E-state index contributed by atoms with van der Waals surface area (Å²) in [5.41, 5.74) is 3.82. The van der Waals surface area contributed by atoms with Gasteiger partial charge in [0.1, 0.15) is 18.2 Å². The van der Waals surface area contributed by atoms with Gasteiger partial charge in [-0.1, -0.05) is 24.3 Å². The molecular weight excluding hydrogens is 310 g/mol. The number of nitrogens with zero attached hydrogens (tertiary/aromatic N) is 2. The molecule has 1 aromatic carbocycles. The van der Waals surface area contributed by atoms with E-state index in [0.29, 0.717) is 13.0 Å². The quantitative estimate of drug-likeness (QED) is 0.839. The molecule has 1 fully saturated rings. The molecule has 0 saturated carbocycles. The summed E-state index contributed by atoms with van der Waals surface area (Å²) in [6, 6.07) is 7.18. The molecule has 1 atom stereocenters. The number of nitrogens with one attached hydrogen (secondary N) is 1. The fraction of sp³-hybridized carbons (Fsp3) is 0.471. The van der Waals surface area contributed by atoms with E-state index in [-0.39, 0.29) is 18.4 Å². The van der Waals surface area contributed by atoms with Crippen molar-refractivity contribution in [2.75, 3.05) is 6.54 Å². The highest BCUT2D eigenvalue weighted by Crippen LogP contribution is 2.26. The Kier molecular flexibility index (Phi) is 3.95. The van der Waals surface area contributed by atoms with E-state index in [1.165, 1.54) is 0 Å². The largest absolute Gasteiger partial charge is 0.443 e. The molecular formula is C17H21N3O4. The van der Waals surface area contributed by atoms with Crippen LogP contribution in [0.25, 0.3) is 0 Å². The molecule has 2 aliphatic rings. The minimum Gasteiger partial charge on any atom is -0.443 e. The van der Waals surface area contributed by atoms with Crippen LogP contribution < -0.4 is 5.43 Å². The number of ether oxygens (including phenoxy) is 1. The van der Waals surface area contributed by atoms with E-state index in [1.807, 2.05) is 24.3 Å². The Morgan fingerprint density at radius 2 is 1.83 bits per heavy atom. The standard InChI is InChI=1S/C17H21N3O4/c1-17(2,3)24-16(23)18-20-10-14(21)19-9-12-7-5-4-6-11(12)8-13(19)15(20)22/h4-7,13H,8-10H2,1-3H3,(H,18,23)/t13-/m0/s1. The van der Waals surface area contributed by atoms with Gasteiger partial charge in [-0.25, -0.2) is 15.2 Å². The average molecular weight is 331 g/mol. The molecule has 0 aliphatic carbocycles. The van der Waals surface area contributed by atoms with Crippen molar-refractivity contribution in [3.05, 3.63) is 35.4 Å². The smallest absolute Gasteiger partial charge is 0.426 e. The van der Waals surface area contributed by atoms with Crippen molar-refractivity contribution >= 4 is 17.9 Å². The summed E-state index contributed by atoms with van der Waals surface area (Å²) in [7, 11) is 0. The topological polar surface area (TPSA) is 79.0 Å². The van der Waals surface area contributed by atoms with Gasteiger partial charge in [-0.05, 0) is 31.9 Å². The lowest BCUT2D eigenvalue weighted by atomic mass is 9.92. The molecule has 1 N–H and O–H groups in total. The van der Waals surface area contributed by atoms with E-state index in [9.17, 15) is 14.4 Å². The molecule has 7 heteroatoms. The molecule has 1 aromatic rings. The molecule has 0 spiro atoms. The van der Waals surface area contributed by atoms with E-state index >= 15 is 0 Å². The maximum absolute atomic E-state index is 12.7. The van der Waals surface area contributed by atoms with Gasteiger partial charge < -0.3 is 9.64 Å². The summed E-state index contributed by atoms with van der Waals surface area (Å²) >= 11 is 0. The Labute approximate surface area is 140 Å². The second-order valence-corrected chi connectivity index (χ2v) is 7.05. The first-order chi connectivity index (χ1) is 11.2. The van der Waals surface area contributed by atoms with Gasteiger partial charge in [0.15, 0.2) is 0 Å². The number of piperazine rings is 1. The highest BCUT2D eigenvalue weighted by Gasteiger charge is 2.42. The van der Waals surface area contributed by atoms with Crippen LogP contribution in [0.15, 0.2) is 24.3 Å². The van der Waals surface area contributed by atoms with Crippen molar-refractivity contribution in [3.63, 3.8) is 0 Å². The monoisotopic (exact) mass is 331 g/mol. The minimum atomic E-state index is -0.742. The molecule has 3 rings (SSSR count). The average Bonchev–Trinajstić information content (AvgIpc) is 2.49. The van der Waals surface area contributed by atoms with Crippen LogP contribution in [0.1, 0.15) is 31.9 Å². The second kappa shape index (κ2) is 5.81. The number of hydrazine groups is 1. The third-order valence-electron chi connectivity index (χ3n) is 4.04. The number of fused-ring (bicyclic) bond motifs is 2. The van der Waals surface area contributed by atoms with Crippen LogP contribution in [0.2, 0.25) is 0 Å². The lowest BCUT2D eigenvalue weighted by molar-refractivity contribution is -0.160. The highest BCUT2D eigenvalue weighted by atomic mass is 16.6. The number of hydrogen-bond acceptors (Lipinski definition) is 4. The summed E-state index contributed by atoms with van der Waals surface area (Å²) in [4.78, 5) is 38.5. The lowest BCUT2D eigenvalue weighted by Gasteiger charge is -2.43. The van der Waals surface area contributed by atoms with Crippen LogP contribution >= 0.6 is 0 Å². The maximum atomic E-state index is 12.7. The van der Waals surface area contributed by atoms with Gasteiger partial charge in [-0.2, -0.15) is 0 Å². The number of rotatable bonds is 1. The van der Waals surface area contributed by atoms with Crippen LogP contribution in [0.4, 0.5) is 4.79 Å². The zero-order chi connectivity index (χ0) is 17.5. The summed E-state index contributed by atoms with van der Waals surface area (Å²) in [6.45, 7) is 5.43. The third-order valence-corrected chi connectivity index (χ3v) is 4.04. The Morgan fingerprint density at radius 1 is 1.17 bits per heavy atom. The summed E-state index contributed by atoms with van der Waals surface area (Å²) < 4.78 is 5.15. The van der Waals surface area contributed by atoms with Crippen LogP contribution in [-0.2, 0) is 27.3 Å². The van der Waals surface area contributed by atoms with Crippen LogP contribution in [-0.4, -0.2) is 46.0 Å². The molecule has 0 unspecified atom stereocenters. The summed E-state index contributed by atoms with van der Waals surface area (Å²) in [6.07, 6.45) is -0.291. The van der Waals surface area contributed by atoms with Crippen LogP contribution in [0, 0.1) is 0 Å². The Hall–Kier alpha value is -2.57. The van der Waals surface area contributed by atoms with E-state index in [1.54, 1.807) is 25.7 Å². The van der Waals surface area contributed by atoms with Crippen molar-refractivity contribution in [2.24, 2.45) is 0 Å². The minimum absolute atomic E-state index is 0.184. The first-order valence-electron chi connectivity index (χ1n) is 7.92. The van der Waals surface area contributed by atoms with Crippen molar-refractivity contribution in [1.29, 1.82) is 0 Å². The first-order valence-corrected chi connectivity index (χ1v) is 7.92. The lowest BCUT2D eigenvalue weighted by Crippen LogP contribution is -2.65. The van der Waals surface area contributed by atoms with E-state index < -0.39 is 17.7 Å². The SMILES string of the molecule is CC(C)(C)OC(=O)NN1CC(=O)N2Cc3ccccc3C[C@H]2C1=O. The van der Waals surface area contributed by atoms with Gasteiger partial charge in [0, 0.05) is 13.0 Å². The van der Waals surface area contributed by atoms with Crippen LogP contribution in [0.5, 0.6) is 0 Å². The molecule has 2 heterocycles. The van der Waals surface area contributed by atoms with Gasteiger partial charge >= 0.3 is 6.09 Å². The summed E-state index contributed by atoms with van der Waals surface area (Å²) in [5.74, 6) is -0.486. The van der Waals surface area contributed by atoms with Crippen LogP contribution in [0.3, 0.4) is 0 Å². The van der Waals surface area contributed by atoms with Gasteiger partial charge in [-0.3, -0.25) is 9.59 Å². The van der Waals surface area contributed by atoms with E-state index in [4.69, 9.17) is 4.74 Å². The zero-order valence-corrected chi connectivity index (χ0v) is 14.0. The van der Waals surface area contributed by atoms with Crippen molar-refractivity contribution in [2.45, 2.75) is 45.4 Å². The number of carbonyl (C=O) groups excluding carboxylic acids is 3. The number of benzene rings is 1. The molecule has 1 saturated heterocycles. The number of carbonyl (C=O) groups is 3. The molecule has 24 heavy (non-hydrogen) atoms. The fourth-order valence-electron chi connectivity index (χ4n) is 3.00. The van der Waals surface area contributed by atoms with Crippen molar-refractivity contribution in [1.82, 2.24) is 15.3 Å². The van der Waals surface area contributed by atoms with Gasteiger partial charge in [0.2, 0.25) is 5.91 Å². The molecule has 2 aliphatic heterocycles. The fourth-order valence-corrected chi connectivity index (χ4v) is 3.00. The molecule has 0 radical (unpaired) electrons. The Balaban J connectivity index is 1.75. The highest BCUT2D eigenvalue weighted by molar-refractivity contribution is 5.96.